The minimum Gasteiger partial charge on any atom is -1.00 e. The van der Waals surface area contributed by atoms with Crippen LogP contribution in [0.5, 0.6) is 0 Å². The van der Waals surface area contributed by atoms with Crippen molar-refractivity contribution >= 4 is 11.6 Å². The summed E-state index contributed by atoms with van der Waals surface area (Å²) in [4.78, 5) is 13.9. The molecule has 2 atom stereocenters. The predicted octanol–water partition coefficient (Wildman–Crippen LogP) is -1.62. The van der Waals surface area contributed by atoms with Gasteiger partial charge in [-0.15, -0.1) is 0 Å². The average molecular weight is 293 g/mol. The number of halogens is 1. The fraction of sp³-hybridized carbons (Fsp3) is 0.231. The maximum absolute atomic E-state index is 11.8. The van der Waals surface area contributed by atoms with Crippen molar-refractivity contribution in [2.45, 2.75) is 19.0 Å². The van der Waals surface area contributed by atoms with Crippen LogP contribution < -0.4 is 26.4 Å². The Bertz CT molecular complexity index is 510. The van der Waals surface area contributed by atoms with E-state index < -0.39 is 0 Å². The summed E-state index contributed by atoms with van der Waals surface area (Å²) in [6, 6.07) is 6.03. The molecule has 0 saturated heterocycles. The summed E-state index contributed by atoms with van der Waals surface area (Å²) >= 11 is 0. The van der Waals surface area contributed by atoms with Crippen molar-refractivity contribution in [3.63, 3.8) is 0 Å². The summed E-state index contributed by atoms with van der Waals surface area (Å²) in [5, 5.41) is 0. The van der Waals surface area contributed by atoms with Crippen molar-refractivity contribution < 1.29 is 26.3 Å². The normalized spacial score (nSPS) is 23.9. The van der Waals surface area contributed by atoms with Gasteiger partial charge in [-0.05, 0) is 25.1 Å². The molecule has 2 aliphatic rings. The van der Waals surface area contributed by atoms with Crippen LogP contribution in [-0.4, -0.2) is 11.8 Å². The number of pyridine rings is 1. The summed E-state index contributed by atoms with van der Waals surface area (Å²) in [6.45, 7) is 1.66. The molecular weight excluding hydrogens is 280 g/mol. The van der Waals surface area contributed by atoms with Gasteiger partial charge in [0.25, 0.3) is 5.82 Å². The maximum Gasteiger partial charge on any atom is 0.282 e. The molecule has 4 heteroatoms. The van der Waals surface area contributed by atoms with Gasteiger partial charge in [-0.1, -0.05) is 12.1 Å². The minimum absolute atomic E-state index is 0. The second-order valence-corrected chi connectivity index (χ2v) is 4.15. The molecule has 2 aliphatic heterocycles. The van der Waals surface area contributed by atoms with E-state index in [1.807, 2.05) is 47.3 Å². The highest BCUT2D eigenvalue weighted by molar-refractivity contribution is 5.81. The first-order chi connectivity index (χ1) is 7.79. The van der Waals surface area contributed by atoms with Crippen molar-refractivity contribution in [3.05, 3.63) is 48.8 Å². The standard InChI is InChI=1S/C13H13N2O.BrH/c1-10(16)13-11-6-2-4-8-14(11)12-7-3-5-9-15(12)13;/h2-9,11,13H,1H3;1H/q+1;/p-1. The van der Waals surface area contributed by atoms with Crippen LogP contribution in [0.4, 0.5) is 5.82 Å². The number of allylic oxidation sites excluding steroid dienone is 2. The summed E-state index contributed by atoms with van der Waals surface area (Å²) in [6.07, 6.45) is 10.1. The highest BCUT2D eigenvalue weighted by Gasteiger charge is 2.46. The van der Waals surface area contributed by atoms with E-state index in [9.17, 15) is 4.79 Å². The molecular formula is C13H13BrN2O. The Labute approximate surface area is 111 Å². The highest BCUT2D eigenvalue weighted by Crippen LogP contribution is 2.30. The van der Waals surface area contributed by atoms with Gasteiger partial charge in [0.1, 0.15) is 0 Å². The van der Waals surface area contributed by atoms with Gasteiger partial charge in [0, 0.05) is 6.07 Å². The van der Waals surface area contributed by atoms with E-state index in [1.165, 1.54) is 0 Å². The molecule has 88 valence electrons. The molecule has 2 unspecified atom stereocenters. The molecule has 0 N–H and O–H groups in total. The van der Waals surface area contributed by atoms with Crippen molar-refractivity contribution in [2.75, 3.05) is 4.90 Å². The second-order valence-electron chi connectivity index (χ2n) is 4.15. The first-order valence-corrected chi connectivity index (χ1v) is 5.43. The van der Waals surface area contributed by atoms with E-state index >= 15 is 0 Å². The van der Waals surface area contributed by atoms with Crippen molar-refractivity contribution in [2.24, 2.45) is 0 Å². The summed E-state index contributed by atoms with van der Waals surface area (Å²) in [5.74, 6) is 1.28. The second kappa shape index (κ2) is 4.45. The highest BCUT2D eigenvalue weighted by atomic mass is 79.9. The molecule has 0 amide bonds. The number of rotatable bonds is 1. The van der Waals surface area contributed by atoms with Crippen LogP contribution in [0.3, 0.4) is 0 Å². The van der Waals surface area contributed by atoms with Gasteiger partial charge in [0.05, 0.1) is 12.4 Å². The number of fused-ring (bicyclic) bond motifs is 3. The Morgan fingerprint density at radius 2 is 2.18 bits per heavy atom. The summed E-state index contributed by atoms with van der Waals surface area (Å²) < 4.78 is 2.05. The number of carbonyl (C=O) groups is 1. The number of Topliss-reactive ketones (excluding diaryl/α,β-unsaturated/α-hetero) is 1. The molecule has 0 saturated carbocycles. The number of aromatic nitrogens is 1. The lowest BCUT2D eigenvalue weighted by Gasteiger charge is -2.15. The SMILES string of the molecule is CC(=O)C1C2C=CC=CN2c2cccc[n+]21.[Br-]. The molecule has 0 aliphatic carbocycles. The van der Waals surface area contributed by atoms with Gasteiger partial charge in [-0.3, -0.25) is 4.79 Å². The molecule has 3 nitrogen and oxygen atoms in total. The van der Waals surface area contributed by atoms with Crippen LogP contribution in [-0.2, 0) is 4.79 Å². The predicted molar refractivity (Wildman–Crippen MR) is 60.9 cm³/mol. The Morgan fingerprint density at radius 1 is 1.35 bits per heavy atom. The van der Waals surface area contributed by atoms with Gasteiger partial charge in [0.2, 0.25) is 6.04 Å². The Hall–Kier alpha value is -1.42. The number of ketones is 1. The molecule has 0 aromatic carbocycles. The van der Waals surface area contributed by atoms with Gasteiger partial charge < -0.3 is 17.0 Å². The molecule has 0 radical (unpaired) electrons. The van der Waals surface area contributed by atoms with Crippen LogP contribution in [0, 0.1) is 0 Å². The van der Waals surface area contributed by atoms with E-state index in [0.717, 1.165) is 5.82 Å². The monoisotopic (exact) mass is 292 g/mol. The van der Waals surface area contributed by atoms with Crippen LogP contribution in [0.25, 0.3) is 0 Å². The zero-order chi connectivity index (χ0) is 11.1. The number of carbonyl (C=O) groups excluding carboxylic acids is 1. The first kappa shape index (κ1) is 12.0. The fourth-order valence-electron chi connectivity index (χ4n) is 2.50. The van der Waals surface area contributed by atoms with Gasteiger partial charge >= 0.3 is 0 Å². The molecule has 1 aromatic rings. The van der Waals surface area contributed by atoms with Gasteiger partial charge in [-0.2, -0.15) is 0 Å². The molecule has 0 spiro atoms. The van der Waals surface area contributed by atoms with E-state index in [1.54, 1.807) is 6.92 Å². The van der Waals surface area contributed by atoms with E-state index in [-0.39, 0.29) is 34.8 Å². The summed E-state index contributed by atoms with van der Waals surface area (Å²) in [5.41, 5.74) is 0. The van der Waals surface area contributed by atoms with Crippen molar-refractivity contribution in [3.8, 4) is 0 Å². The third-order valence-corrected chi connectivity index (χ3v) is 3.16. The third-order valence-electron chi connectivity index (χ3n) is 3.16. The maximum atomic E-state index is 11.8. The van der Waals surface area contributed by atoms with Crippen LogP contribution in [0.2, 0.25) is 0 Å². The van der Waals surface area contributed by atoms with E-state index in [2.05, 4.69) is 11.0 Å². The van der Waals surface area contributed by atoms with Crippen LogP contribution in [0.15, 0.2) is 48.8 Å². The Balaban J connectivity index is 0.00000108. The van der Waals surface area contributed by atoms with Crippen LogP contribution >= 0.6 is 0 Å². The van der Waals surface area contributed by atoms with E-state index in [4.69, 9.17) is 0 Å². The molecule has 1 aromatic heterocycles. The quantitative estimate of drug-likeness (QED) is 0.581. The smallest absolute Gasteiger partial charge is 0.282 e. The lowest BCUT2D eigenvalue weighted by atomic mass is 10.0. The average Bonchev–Trinajstić information content (AvgIpc) is 2.63. The molecule has 3 rings (SSSR count). The zero-order valence-corrected chi connectivity index (χ0v) is 11.0. The number of anilines is 1. The topological polar surface area (TPSA) is 24.2 Å². The Morgan fingerprint density at radius 3 is 2.94 bits per heavy atom. The lowest BCUT2D eigenvalue weighted by Crippen LogP contribution is -3.00. The minimum atomic E-state index is -0.0996. The fourth-order valence-corrected chi connectivity index (χ4v) is 2.50. The van der Waals surface area contributed by atoms with Crippen molar-refractivity contribution in [1.82, 2.24) is 0 Å². The number of hydrogen-bond acceptors (Lipinski definition) is 2. The molecule has 17 heavy (non-hydrogen) atoms. The largest absolute Gasteiger partial charge is 1.00 e. The van der Waals surface area contributed by atoms with E-state index in [0.29, 0.717) is 0 Å². The van der Waals surface area contributed by atoms with Gasteiger partial charge in [-0.25, -0.2) is 9.47 Å². The molecule has 3 heterocycles. The summed E-state index contributed by atoms with van der Waals surface area (Å²) in [7, 11) is 0. The zero-order valence-electron chi connectivity index (χ0n) is 9.45. The number of nitrogens with zero attached hydrogens (tertiary/aromatic N) is 2. The lowest BCUT2D eigenvalue weighted by molar-refractivity contribution is -0.685. The molecule has 0 bridgehead atoms. The Kier molecular flexibility index (Phi) is 3.15. The molecule has 0 fully saturated rings. The van der Waals surface area contributed by atoms with Crippen LogP contribution in [0.1, 0.15) is 13.0 Å². The number of hydrogen-bond donors (Lipinski definition) is 0. The van der Waals surface area contributed by atoms with Crippen molar-refractivity contribution in [1.29, 1.82) is 0 Å². The van der Waals surface area contributed by atoms with Gasteiger partial charge in [0.15, 0.2) is 11.8 Å². The first-order valence-electron chi connectivity index (χ1n) is 5.43. The third kappa shape index (κ3) is 1.72.